The molecular weight excluding hydrogens is 402 g/mol. The van der Waals surface area contributed by atoms with Crippen LogP contribution >= 0.6 is 11.3 Å². The van der Waals surface area contributed by atoms with Crippen LogP contribution in [0.25, 0.3) is 11.3 Å². The van der Waals surface area contributed by atoms with Gasteiger partial charge >= 0.3 is 0 Å². The molecule has 2 aliphatic rings. The molecule has 160 valence electrons. The second-order valence-electron chi connectivity index (χ2n) is 7.68. The molecule has 1 N–H and O–H groups in total. The quantitative estimate of drug-likeness (QED) is 0.731. The van der Waals surface area contributed by atoms with E-state index in [4.69, 9.17) is 14.5 Å². The van der Waals surface area contributed by atoms with Crippen molar-refractivity contribution in [1.29, 1.82) is 0 Å². The second-order valence-corrected chi connectivity index (χ2v) is 8.63. The van der Waals surface area contributed by atoms with Crippen LogP contribution in [0.3, 0.4) is 0 Å². The lowest BCUT2D eigenvalue weighted by Crippen LogP contribution is -2.49. The average Bonchev–Trinajstić information content (AvgIpc) is 3.42. The lowest BCUT2D eigenvalue weighted by atomic mass is 10.1. The van der Waals surface area contributed by atoms with Gasteiger partial charge < -0.3 is 14.8 Å². The minimum absolute atomic E-state index is 0.0478. The first kappa shape index (κ1) is 20.8. The van der Waals surface area contributed by atoms with Gasteiger partial charge in [0.05, 0.1) is 22.5 Å². The number of rotatable bonds is 7. The van der Waals surface area contributed by atoms with Gasteiger partial charge in [-0.2, -0.15) is 0 Å². The van der Waals surface area contributed by atoms with Crippen LogP contribution in [0.5, 0.6) is 5.75 Å². The summed E-state index contributed by atoms with van der Waals surface area (Å²) in [4.78, 5) is 31.6. The number of carbonyl (C=O) groups excluding carboxylic acids is 2. The highest BCUT2D eigenvalue weighted by Crippen LogP contribution is 2.37. The Morgan fingerprint density at radius 3 is 3.03 bits per heavy atom. The van der Waals surface area contributed by atoms with E-state index >= 15 is 0 Å². The predicted molar refractivity (Wildman–Crippen MR) is 116 cm³/mol. The number of hydrogen-bond donors (Lipinski definition) is 1. The fourth-order valence-electron chi connectivity index (χ4n) is 3.73. The van der Waals surface area contributed by atoms with E-state index in [0.29, 0.717) is 18.0 Å². The van der Waals surface area contributed by atoms with Crippen LogP contribution < -0.4 is 15.0 Å². The first-order valence-electron chi connectivity index (χ1n) is 10.5. The molecule has 0 spiro atoms. The zero-order chi connectivity index (χ0) is 21.1. The molecule has 1 aromatic carbocycles. The van der Waals surface area contributed by atoms with Crippen molar-refractivity contribution in [1.82, 2.24) is 10.3 Å². The van der Waals surface area contributed by atoms with Crippen LogP contribution in [0.4, 0.5) is 5.69 Å². The summed E-state index contributed by atoms with van der Waals surface area (Å²) in [7, 11) is 0. The lowest BCUT2D eigenvalue weighted by Gasteiger charge is -2.33. The van der Waals surface area contributed by atoms with E-state index in [-0.39, 0.29) is 24.5 Å². The molecule has 8 heteroatoms. The summed E-state index contributed by atoms with van der Waals surface area (Å²) in [6.07, 6.45) is 3.40. The molecule has 2 unspecified atom stereocenters. The van der Waals surface area contributed by atoms with Crippen LogP contribution in [0.1, 0.15) is 38.1 Å². The average molecular weight is 430 g/mol. The number of aryl methyl sites for hydroxylation is 1. The van der Waals surface area contributed by atoms with E-state index < -0.39 is 6.10 Å². The Balaban J connectivity index is 1.53. The van der Waals surface area contributed by atoms with Crippen molar-refractivity contribution in [2.75, 3.05) is 24.6 Å². The van der Waals surface area contributed by atoms with E-state index in [1.807, 2.05) is 23.6 Å². The number of nitrogens with zero attached hydrogens (tertiary/aromatic N) is 2. The molecule has 2 aliphatic heterocycles. The van der Waals surface area contributed by atoms with Gasteiger partial charge in [0.15, 0.2) is 6.10 Å². The Morgan fingerprint density at radius 2 is 2.27 bits per heavy atom. The Kier molecular flexibility index (Phi) is 6.34. The summed E-state index contributed by atoms with van der Waals surface area (Å²) < 4.78 is 11.3. The van der Waals surface area contributed by atoms with Crippen LogP contribution in [-0.4, -0.2) is 48.7 Å². The fourth-order valence-corrected chi connectivity index (χ4v) is 4.64. The minimum Gasteiger partial charge on any atom is -0.479 e. The van der Waals surface area contributed by atoms with Crippen LogP contribution in [0.15, 0.2) is 23.6 Å². The number of amides is 2. The molecule has 4 rings (SSSR count). The number of fused-ring (bicyclic) bond motifs is 1. The van der Waals surface area contributed by atoms with Gasteiger partial charge in [0.1, 0.15) is 12.3 Å². The lowest BCUT2D eigenvalue weighted by molar-refractivity contribution is -0.128. The van der Waals surface area contributed by atoms with Gasteiger partial charge in [-0.1, -0.05) is 6.92 Å². The van der Waals surface area contributed by atoms with Gasteiger partial charge in [0, 0.05) is 24.1 Å². The zero-order valence-corrected chi connectivity index (χ0v) is 18.2. The molecule has 0 saturated carbocycles. The number of carbonyl (C=O) groups is 2. The molecule has 0 bridgehead atoms. The van der Waals surface area contributed by atoms with Crippen molar-refractivity contribution >= 4 is 28.8 Å². The maximum absolute atomic E-state index is 12.8. The van der Waals surface area contributed by atoms with Crippen LogP contribution in [-0.2, 0) is 20.7 Å². The largest absolute Gasteiger partial charge is 0.479 e. The summed E-state index contributed by atoms with van der Waals surface area (Å²) in [5, 5.41) is 6.01. The molecule has 0 radical (unpaired) electrons. The van der Waals surface area contributed by atoms with E-state index in [1.54, 1.807) is 18.3 Å². The first-order chi connectivity index (χ1) is 14.5. The molecule has 2 amide bonds. The van der Waals surface area contributed by atoms with Crippen LogP contribution in [0, 0.1) is 0 Å². The number of thiazole rings is 1. The molecule has 1 fully saturated rings. The van der Waals surface area contributed by atoms with Gasteiger partial charge in [-0.25, -0.2) is 4.98 Å². The van der Waals surface area contributed by atoms with E-state index in [9.17, 15) is 9.59 Å². The highest BCUT2D eigenvalue weighted by molar-refractivity contribution is 7.09. The van der Waals surface area contributed by atoms with Crippen molar-refractivity contribution in [2.45, 2.75) is 51.7 Å². The van der Waals surface area contributed by atoms with Crippen LogP contribution in [0.2, 0.25) is 0 Å². The zero-order valence-electron chi connectivity index (χ0n) is 17.3. The van der Waals surface area contributed by atoms with Crippen molar-refractivity contribution in [3.8, 4) is 17.0 Å². The Morgan fingerprint density at radius 1 is 1.40 bits per heavy atom. The SMILES string of the molecule is CCCc1nc(-c2ccc3c(c2)N(CC(=O)NCC2CCCO2)C(=O)C(C)O3)cs1. The highest BCUT2D eigenvalue weighted by Gasteiger charge is 2.33. The fraction of sp³-hybridized carbons (Fsp3) is 0.500. The Hall–Kier alpha value is -2.45. The highest BCUT2D eigenvalue weighted by atomic mass is 32.1. The number of anilines is 1. The molecule has 1 aromatic heterocycles. The number of aromatic nitrogens is 1. The second kappa shape index (κ2) is 9.14. The summed E-state index contributed by atoms with van der Waals surface area (Å²) in [5.74, 6) is 0.168. The molecule has 3 heterocycles. The first-order valence-corrected chi connectivity index (χ1v) is 11.4. The van der Waals surface area contributed by atoms with Gasteiger partial charge in [-0.3, -0.25) is 14.5 Å². The Labute approximate surface area is 180 Å². The molecule has 2 aromatic rings. The molecule has 30 heavy (non-hydrogen) atoms. The topological polar surface area (TPSA) is 80.8 Å². The van der Waals surface area contributed by atoms with Crippen molar-refractivity contribution in [3.63, 3.8) is 0 Å². The third-order valence-electron chi connectivity index (χ3n) is 5.33. The molecule has 1 saturated heterocycles. The van der Waals surface area contributed by atoms with Gasteiger partial charge in [-0.15, -0.1) is 11.3 Å². The summed E-state index contributed by atoms with van der Waals surface area (Å²) in [6, 6.07) is 5.68. The van der Waals surface area contributed by atoms with Crippen molar-refractivity contribution < 1.29 is 19.1 Å². The molecule has 7 nitrogen and oxygen atoms in total. The van der Waals surface area contributed by atoms with Gasteiger partial charge in [0.2, 0.25) is 5.91 Å². The molecule has 2 atom stereocenters. The smallest absolute Gasteiger partial charge is 0.268 e. The van der Waals surface area contributed by atoms with Gasteiger partial charge in [-0.05, 0) is 50.8 Å². The monoisotopic (exact) mass is 429 g/mol. The number of benzene rings is 1. The third-order valence-corrected chi connectivity index (χ3v) is 6.24. The predicted octanol–water partition coefficient (Wildman–Crippen LogP) is 3.17. The standard InChI is InChI=1S/C22H27N3O4S/c1-3-5-21-24-17(13-30-21)15-7-8-19-18(10-15)25(22(27)14(2)29-19)12-20(26)23-11-16-6-4-9-28-16/h7-8,10,13-14,16H,3-6,9,11-12H2,1-2H3,(H,23,26). The number of hydrogen-bond acceptors (Lipinski definition) is 6. The summed E-state index contributed by atoms with van der Waals surface area (Å²) in [5.41, 5.74) is 2.39. The maximum Gasteiger partial charge on any atom is 0.268 e. The van der Waals surface area contributed by atoms with E-state index in [1.165, 1.54) is 4.90 Å². The Bertz CT molecular complexity index is 923. The number of nitrogens with one attached hydrogen (secondary N) is 1. The molecular formula is C22H27N3O4S. The summed E-state index contributed by atoms with van der Waals surface area (Å²) >= 11 is 1.64. The normalized spacial score (nSPS) is 20.7. The van der Waals surface area contributed by atoms with E-state index in [2.05, 4.69) is 12.2 Å². The van der Waals surface area contributed by atoms with E-state index in [0.717, 1.165) is 48.6 Å². The molecule has 0 aliphatic carbocycles. The number of ether oxygens (including phenoxy) is 2. The summed E-state index contributed by atoms with van der Waals surface area (Å²) in [6.45, 7) is 5.00. The van der Waals surface area contributed by atoms with Crippen molar-refractivity contribution in [2.24, 2.45) is 0 Å². The minimum atomic E-state index is -0.634. The van der Waals surface area contributed by atoms with Gasteiger partial charge in [0.25, 0.3) is 5.91 Å². The van der Waals surface area contributed by atoms with Crippen molar-refractivity contribution in [3.05, 3.63) is 28.6 Å². The third kappa shape index (κ3) is 4.49. The maximum atomic E-state index is 12.8.